The lowest BCUT2D eigenvalue weighted by Gasteiger charge is -2.32. The van der Waals surface area contributed by atoms with Crippen LogP contribution in [0, 0.1) is 13.8 Å². The van der Waals surface area contributed by atoms with Gasteiger partial charge in [-0.15, -0.1) is 0 Å². The molecule has 0 aliphatic heterocycles. The zero-order valence-electron chi connectivity index (χ0n) is 22.9. The fraction of sp³-hybridized carbons (Fsp3) is 0.517. The minimum absolute atomic E-state index is 0.123. The van der Waals surface area contributed by atoms with Gasteiger partial charge in [0, 0.05) is 30.6 Å². The van der Waals surface area contributed by atoms with E-state index < -0.39 is 16.1 Å². The normalized spacial score (nSPS) is 14.8. The van der Waals surface area contributed by atoms with Crippen LogP contribution in [-0.2, 0) is 26.2 Å². The number of carbonyl (C=O) groups excluding carboxylic acids is 2. The summed E-state index contributed by atoms with van der Waals surface area (Å²) in [4.78, 5) is 28.5. The molecule has 1 saturated carbocycles. The largest absolute Gasteiger partial charge is 0.352 e. The molecule has 0 aromatic heterocycles. The fourth-order valence-corrected chi connectivity index (χ4v) is 6.04. The molecule has 0 heterocycles. The van der Waals surface area contributed by atoms with Gasteiger partial charge in [-0.1, -0.05) is 49.6 Å². The second kappa shape index (κ2) is 13.5. The number of amides is 2. The zero-order chi connectivity index (χ0) is 27.9. The summed E-state index contributed by atoms with van der Waals surface area (Å²) in [7, 11) is -3.53. The summed E-state index contributed by atoms with van der Waals surface area (Å²) in [6.07, 6.45) is 6.25. The van der Waals surface area contributed by atoms with Crippen LogP contribution in [-0.4, -0.2) is 50.0 Å². The molecule has 38 heavy (non-hydrogen) atoms. The first-order chi connectivity index (χ1) is 18.0. The van der Waals surface area contributed by atoms with Crippen molar-refractivity contribution in [2.75, 3.05) is 17.1 Å². The molecule has 9 heteroatoms. The van der Waals surface area contributed by atoms with E-state index in [9.17, 15) is 18.0 Å². The number of nitrogens with one attached hydrogen (secondary N) is 1. The molecule has 0 saturated heterocycles. The molecular formula is C29H40ClN3O4S. The summed E-state index contributed by atoms with van der Waals surface area (Å²) in [5.41, 5.74) is 3.54. The summed E-state index contributed by atoms with van der Waals surface area (Å²) in [5, 5.41) is 3.75. The Labute approximate surface area is 232 Å². The van der Waals surface area contributed by atoms with Gasteiger partial charge in [-0.25, -0.2) is 8.42 Å². The fourth-order valence-electron chi connectivity index (χ4n) is 4.96. The number of rotatable bonds is 12. The average molecular weight is 562 g/mol. The van der Waals surface area contributed by atoms with Gasteiger partial charge in [0.05, 0.1) is 11.9 Å². The number of aryl methyl sites for hydroxylation is 2. The van der Waals surface area contributed by atoms with Gasteiger partial charge in [0.25, 0.3) is 0 Å². The topological polar surface area (TPSA) is 86.8 Å². The van der Waals surface area contributed by atoms with Crippen molar-refractivity contribution in [2.45, 2.75) is 84.3 Å². The number of benzene rings is 2. The Balaban J connectivity index is 1.76. The number of carbonyl (C=O) groups is 2. The predicted molar refractivity (Wildman–Crippen MR) is 154 cm³/mol. The van der Waals surface area contributed by atoms with Gasteiger partial charge in [0.15, 0.2) is 0 Å². The van der Waals surface area contributed by atoms with E-state index in [-0.39, 0.29) is 37.4 Å². The van der Waals surface area contributed by atoms with E-state index in [0.717, 1.165) is 42.4 Å². The number of hydrogen-bond donors (Lipinski definition) is 1. The van der Waals surface area contributed by atoms with Crippen LogP contribution in [0.5, 0.6) is 0 Å². The lowest BCUT2D eigenvalue weighted by Crippen LogP contribution is -2.51. The highest BCUT2D eigenvalue weighted by atomic mass is 35.5. The Kier molecular flexibility index (Phi) is 10.6. The van der Waals surface area contributed by atoms with E-state index in [1.54, 1.807) is 23.1 Å². The molecule has 2 aromatic rings. The van der Waals surface area contributed by atoms with Gasteiger partial charge < -0.3 is 10.2 Å². The highest BCUT2D eigenvalue weighted by Gasteiger charge is 2.30. The molecular weight excluding hydrogens is 522 g/mol. The van der Waals surface area contributed by atoms with Crippen molar-refractivity contribution >= 4 is 39.1 Å². The molecule has 1 atom stereocenters. The van der Waals surface area contributed by atoms with E-state index in [2.05, 4.69) is 5.32 Å². The Morgan fingerprint density at radius 2 is 1.71 bits per heavy atom. The maximum absolute atomic E-state index is 13.6. The minimum Gasteiger partial charge on any atom is -0.352 e. The monoisotopic (exact) mass is 561 g/mol. The smallest absolute Gasteiger partial charge is 0.243 e. The first-order valence-corrected chi connectivity index (χ1v) is 15.6. The predicted octanol–water partition coefficient (Wildman–Crippen LogP) is 5.37. The molecule has 0 bridgehead atoms. The lowest BCUT2D eigenvalue weighted by molar-refractivity contribution is -0.141. The summed E-state index contributed by atoms with van der Waals surface area (Å²) in [6.45, 7) is 6.28. The second-order valence-corrected chi connectivity index (χ2v) is 12.6. The minimum atomic E-state index is -3.53. The van der Waals surface area contributed by atoms with Gasteiger partial charge in [-0.05, 0) is 80.5 Å². The van der Waals surface area contributed by atoms with Crippen LogP contribution < -0.4 is 9.62 Å². The van der Waals surface area contributed by atoms with Crippen molar-refractivity contribution in [1.82, 2.24) is 10.2 Å². The molecule has 0 radical (unpaired) electrons. The van der Waals surface area contributed by atoms with E-state index >= 15 is 0 Å². The van der Waals surface area contributed by atoms with E-state index in [4.69, 9.17) is 11.6 Å². The summed E-state index contributed by atoms with van der Waals surface area (Å²) in [6, 6.07) is 12.3. The van der Waals surface area contributed by atoms with E-state index in [1.807, 2.05) is 45.0 Å². The third-order valence-corrected chi connectivity index (χ3v) is 8.73. The Hall–Kier alpha value is -2.58. The van der Waals surface area contributed by atoms with Crippen molar-refractivity contribution in [2.24, 2.45) is 0 Å². The average Bonchev–Trinajstić information content (AvgIpc) is 3.37. The number of hydrogen-bond acceptors (Lipinski definition) is 4. The van der Waals surface area contributed by atoms with Crippen molar-refractivity contribution in [3.05, 3.63) is 64.2 Å². The Morgan fingerprint density at radius 1 is 1.05 bits per heavy atom. The molecule has 1 aliphatic rings. The van der Waals surface area contributed by atoms with Gasteiger partial charge >= 0.3 is 0 Å². The highest BCUT2D eigenvalue weighted by Crippen LogP contribution is 2.23. The molecule has 2 amide bonds. The molecule has 1 unspecified atom stereocenters. The molecule has 0 spiro atoms. The van der Waals surface area contributed by atoms with Crippen molar-refractivity contribution in [1.29, 1.82) is 0 Å². The van der Waals surface area contributed by atoms with Crippen LogP contribution in [0.3, 0.4) is 0 Å². The molecule has 1 aliphatic carbocycles. The molecule has 1 fully saturated rings. The SMILES string of the molecule is CCC(C(=O)NC1CCCC1)N(Cc1ccc(Cl)cc1)C(=O)CCCN(c1ccc(C)c(C)c1)S(C)(=O)=O. The van der Waals surface area contributed by atoms with E-state index in [1.165, 1.54) is 10.6 Å². The van der Waals surface area contributed by atoms with Gasteiger partial charge in [-0.3, -0.25) is 13.9 Å². The Morgan fingerprint density at radius 3 is 2.29 bits per heavy atom. The van der Waals surface area contributed by atoms with Gasteiger partial charge in [0.2, 0.25) is 21.8 Å². The summed E-state index contributed by atoms with van der Waals surface area (Å²) in [5.74, 6) is -0.309. The molecule has 7 nitrogen and oxygen atoms in total. The first kappa shape index (κ1) is 30.0. The second-order valence-electron chi connectivity index (χ2n) is 10.3. The maximum Gasteiger partial charge on any atom is 0.243 e. The summed E-state index contributed by atoms with van der Waals surface area (Å²) >= 11 is 6.05. The number of nitrogens with zero attached hydrogens (tertiary/aromatic N) is 2. The number of halogens is 1. The molecule has 1 N–H and O–H groups in total. The van der Waals surface area contributed by atoms with E-state index in [0.29, 0.717) is 23.6 Å². The molecule has 3 rings (SSSR count). The summed E-state index contributed by atoms with van der Waals surface area (Å²) < 4.78 is 26.5. The third-order valence-electron chi connectivity index (χ3n) is 7.28. The van der Waals surface area contributed by atoms with Crippen molar-refractivity contribution in [3.8, 4) is 0 Å². The highest BCUT2D eigenvalue weighted by molar-refractivity contribution is 7.92. The van der Waals surface area contributed by atoms with Gasteiger partial charge in [-0.2, -0.15) is 0 Å². The molecule has 2 aromatic carbocycles. The van der Waals surface area contributed by atoms with Crippen LogP contribution in [0.2, 0.25) is 5.02 Å². The van der Waals surface area contributed by atoms with Crippen LogP contribution in [0.15, 0.2) is 42.5 Å². The van der Waals surface area contributed by atoms with Gasteiger partial charge in [0.1, 0.15) is 6.04 Å². The van der Waals surface area contributed by atoms with Crippen molar-refractivity contribution < 1.29 is 18.0 Å². The molecule has 208 valence electrons. The van der Waals surface area contributed by atoms with Crippen LogP contribution in [0.4, 0.5) is 5.69 Å². The number of sulfonamides is 1. The number of anilines is 1. The lowest BCUT2D eigenvalue weighted by atomic mass is 10.1. The van der Waals surface area contributed by atoms with Crippen LogP contribution in [0.25, 0.3) is 0 Å². The third kappa shape index (κ3) is 8.21. The van der Waals surface area contributed by atoms with Crippen LogP contribution in [0.1, 0.15) is 68.6 Å². The quantitative estimate of drug-likeness (QED) is 0.377. The zero-order valence-corrected chi connectivity index (χ0v) is 24.4. The first-order valence-electron chi connectivity index (χ1n) is 13.4. The van der Waals surface area contributed by atoms with Crippen molar-refractivity contribution in [3.63, 3.8) is 0 Å². The Bertz CT molecular complexity index is 1210. The standard InChI is InChI=1S/C29H40ClN3O4S/c1-5-27(29(35)31-25-9-6-7-10-25)32(20-23-13-15-24(30)16-14-23)28(34)11-8-18-33(38(4,36)37)26-17-12-21(2)22(3)19-26/h12-17,19,25,27H,5-11,18,20H2,1-4H3,(H,31,35). The van der Waals surface area contributed by atoms with Crippen LogP contribution >= 0.6 is 11.6 Å². The maximum atomic E-state index is 13.6.